The van der Waals surface area contributed by atoms with Gasteiger partial charge in [-0.1, -0.05) is 6.07 Å². The summed E-state index contributed by atoms with van der Waals surface area (Å²) in [6.07, 6.45) is -2.24. The van der Waals surface area contributed by atoms with Crippen molar-refractivity contribution in [3.63, 3.8) is 0 Å². The zero-order valence-electron chi connectivity index (χ0n) is 17.2. The molecule has 176 valence electrons. The number of carbonyl (C=O) groups is 1. The lowest BCUT2D eigenvalue weighted by Gasteiger charge is -2.11. The van der Waals surface area contributed by atoms with Crippen molar-refractivity contribution in [1.82, 2.24) is 29.9 Å². The van der Waals surface area contributed by atoms with Gasteiger partial charge in [-0.25, -0.2) is 18.9 Å². The van der Waals surface area contributed by atoms with E-state index in [1.165, 1.54) is 22.8 Å². The van der Waals surface area contributed by atoms with E-state index in [-0.39, 0.29) is 33.7 Å². The normalized spacial score (nSPS) is 13.3. The van der Waals surface area contributed by atoms with Crippen molar-refractivity contribution in [1.29, 1.82) is 0 Å². The van der Waals surface area contributed by atoms with E-state index < -0.39 is 24.4 Å². The van der Waals surface area contributed by atoms with Gasteiger partial charge in [0.1, 0.15) is 24.2 Å². The SMILES string of the molecule is Nc1ncnn2cc(C(=O)NCC(F)(F)F)c(-c3ccc(Nc4nc5c([nH]4)CSC5)c(F)c3)c12. The number of H-pyrrole nitrogens is 1. The fourth-order valence-corrected chi connectivity index (χ4v) is 4.64. The molecular weight excluding hydrogens is 476 g/mol. The number of amides is 1. The zero-order chi connectivity index (χ0) is 24.0. The molecule has 5 N–H and O–H groups in total. The number of aromatic nitrogens is 5. The summed E-state index contributed by atoms with van der Waals surface area (Å²) < 4.78 is 54.1. The Morgan fingerprint density at radius 1 is 1.29 bits per heavy atom. The van der Waals surface area contributed by atoms with Gasteiger partial charge < -0.3 is 21.4 Å². The molecular formula is C20H16F4N8OS. The predicted molar refractivity (Wildman–Crippen MR) is 118 cm³/mol. The van der Waals surface area contributed by atoms with Gasteiger partial charge in [-0.2, -0.15) is 18.3 Å². The van der Waals surface area contributed by atoms with Crippen LogP contribution in [0.5, 0.6) is 0 Å². The summed E-state index contributed by atoms with van der Waals surface area (Å²) >= 11 is 1.73. The van der Waals surface area contributed by atoms with E-state index in [2.05, 4.69) is 25.4 Å². The Labute approximate surface area is 193 Å². The molecule has 0 bridgehead atoms. The van der Waals surface area contributed by atoms with E-state index in [0.29, 0.717) is 5.95 Å². The van der Waals surface area contributed by atoms with Crippen LogP contribution >= 0.6 is 11.8 Å². The molecule has 0 saturated carbocycles. The van der Waals surface area contributed by atoms with Crippen molar-refractivity contribution in [2.24, 2.45) is 0 Å². The van der Waals surface area contributed by atoms with Crippen LogP contribution in [-0.2, 0) is 11.5 Å². The van der Waals surface area contributed by atoms with Crippen LogP contribution in [0.1, 0.15) is 21.7 Å². The first-order valence-corrected chi connectivity index (χ1v) is 11.0. The number of nitrogens with two attached hydrogens (primary N) is 1. The molecule has 0 atom stereocenters. The van der Waals surface area contributed by atoms with E-state index in [4.69, 9.17) is 5.73 Å². The summed E-state index contributed by atoms with van der Waals surface area (Å²) in [4.78, 5) is 24.0. The summed E-state index contributed by atoms with van der Waals surface area (Å²) in [5.74, 6) is 0.277. The molecule has 1 aliphatic heterocycles. The Kier molecular flexibility index (Phi) is 5.31. The van der Waals surface area contributed by atoms with Crippen LogP contribution in [0.4, 0.5) is 35.0 Å². The van der Waals surface area contributed by atoms with E-state index in [0.717, 1.165) is 35.3 Å². The third-order valence-corrected chi connectivity index (χ3v) is 6.13. The number of aromatic amines is 1. The van der Waals surface area contributed by atoms with Gasteiger partial charge in [0.05, 0.1) is 22.6 Å². The quantitative estimate of drug-likeness (QED) is 0.314. The lowest BCUT2D eigenvalue weighted by atomic mass is 10.0. The number of thioether (sulfide) groups is 1. The summed E-state index contributed by atoms with van der Waals surface area (Å²) in [6.45, 7) is -1.53. The van der Waals surface area contributed by atoms with Gasteiger partial charge in [-0.15, -0.1) is 11.8 Å². The van der Waals surface area contributed by atoms with Crippen LogP contribution in [0.2, 0.25) is 0 Å². The molecule has 5 rings (SSSR count). The largest absolute Gasteiger partial charge is 0.405 e. The lowest BCUT2D eigenvalue weighted by molar-refractivity contribution is -0.123. The van der Waals surface area contributed by atoms with Gasteiger partial charge in [0.15, 0.2) is 5.82 Å². The topological polar surface area (TPSA) is 126 Å². The number of nitrogens with zero attached hydrogens (tertiary/aromatic N) is 4. The smallest absolute Gasteiger partial charge is 0.382 e. The Balaban J connectivity index is 1.52. The summed E-state index contributed by atoms with van der Waals surface area (Å²) in [5, 5.41) is 8.67. The maximum atomic E-state index is 15.0. The summed E-state index contributed by atoms with van der Waals surface area (Å²) in [7, 11) is 0. The van der Waals surface area contributed by atoms with Crippen LogP contribution in [0.25, 0.3) is 16.6 Å². The number of nitrogen functional groups attached to an aromatic ring is 1. The average molecular weight is 492 g/mol. The van der Waals surface area contributed by atoms with Crippen LogP contribution < -0.4 is 16.4 Å². The molecule has 0 spiro atoms. The first kappa shape index (κ1) is 22.0. The first-order chi connectivity index (χ1) is 16.2. The van der Waals surface area contributed by atoms with Gasteiger partial charge >= 0.3 is 6.18 Å². The van der Waals surface area contributed by atoms with Crippen molar-refractivity contribution in [2.75, 3.05) is 17.6 Å². The molecule has 0 radical (unpaired) electrons. The minimum absolute atomic E-state index is 0.0227. The van der Waals surface area contributed by atoms with Crippen LogP contribution in [0, 0.1) is 5.82 Å². The minimum atomic E-state index is -4.60. The van der Waals surface area contributed by atoms with Gasteiger partial charge in [-0.05, 0) is 17.7 Å². The van der Waals surface area contributed by atoms with E-state index in [1.54, 1.807) is 11.8 Å². The second kappa shape index (κ2) is 8.20. The van der Waals surface area contributed by atoms with Crippen molar-refractivity contribution < 1.29 is 22.4 Å². The first-order valence-electron chi connectivity index (χ1n) is 9.89. The molecule has 9 nitrogen and oxygen atoms in total. The van der Waals surface area contributed by atoms with Crippen LogP contribution in [0.3, 0.4) is 0 Å². The van der Waals surface area contributed by atoms with Crippen molar-refractivity contribution >= 4 is 40.6 Å². The zero-order valence-corrected chi connectivity index (χ0v) is 18.0. The number of hydrogen-bond donors (Lipinski definition) is 4. The lowest BCUT2D eigenvalue weighted by Crippen LogP contribution is -2.33. The number of imidazole rings is 1. The summed E-state index contributed by atoms with van der Waals surface area (Å²) in [5.41, 5.74) is 8.30. The van der Waals surface area contributed by atoms with Gasteiger partial charge in [0.25, 0.3) is 5.91 Å². The van der Waals surface area contributed by atoms with Crippen LogP contribution in [-0.4, -0.2) is 43.2 Å². The van der Waals surface area contributed by atoms with E-state index >= 15 is 4.39 Å². The molecule has 3 aromatic heterocycles. The number of alkyl halides is 3. The van der Waals surface area contributed by atoms with Gasteiger partial charge in [0, 0.05) is 23.3 Å². The van der Waals surface area contributed by atoms with Crippen molar-refractivity contribution in [3.05, 3.63) is 53.5 Å². The number of rotatable bonds is 5. The highest BCUT2D eigenvalue weighted by Crippen LogP contribution is 2.35. The van der Waals surface area contributed by atoms with Gasteiger partial charge in [0.2, 0.25) is 5.95 Å². The monoisotopic (exact) mass is 492 g/mol. The molecule has 1 aliphatic rings. The molecule has 4 heterocycles. The maximum Gasteiger partial charge on any atom is 0.405 e. The highest BCUT2D eigenvalue weighted by atomic mass is 32.2. The number of carbonyl (C=O) groups excluding carboxylic acids is 1. The van der Waals surface area contributed by atoms with E-state index in [9.17, 15) is 18.0 Å². The standard InChI is InChI=1S/C20H16F4N8OS/c21-11-3-9(1-2-12(11)29-19-30-13-5-34-6-14(13)31-19)15-10(18(33)26-7-20(22,23)24)4-32-16(15)17(25)27-8-28-32/h1-4,8H,5-7H2,(H,26,33)(H2,25,27,28)(H2,29,30,31). The van der Waals surface area contributed by atoms with Crippen LogP contribution in [0.15, 0.2) is 30.7 Å². The predicted octanol–water partition coefficient (Wildman–Crippen LogP) is 3.62. The number of hydrogen-bond acceptors (Lipinski definition) is 7. The third-order valence-electron chi connectivity index (χ3n) is 5.16. The fourth-order valence-electron chi connectivity index (χ4n) is 3.67. The second-order valence-electron chi connectivity index (χ2n) is 7.48. The molecule has 1 amide bonds. The van der Waals surface area contributed by atoms with E-state index in [1.807, 2.05) is 5.32 Å². The Morgan fingerprint density at radius 3 is 2.85 bits per heavy atom. The summed E-state index contributed by atoms with van der Waals surface area (Å²) in [6, 6.07) is 4.10. The minimum Gasteiger partial charge on any atom is -0.382 e. The number of nitrogens with one attached hydrogen (secondary N) is 3. The number of benzene rings is 1. The molecule has 0 saturated heterocycles. The third kappa shape index (κ3) is 4.11. The number of fused-ring (bicyclic) bond motifs is 2. The molecule has 0 aliphatic carbocycles. The molecule has 14 heteroatoms. The number of halogens is 4. The molecule has 1 aromatic carbocycles. The molecule has 4 aromatic rings. The Morgan fingerprint density at radius 2 is 2.12 bits per heavy atom. The Hall–Kier alpha value is -3.81. The molecule has 34 heavy (non-hydrogen) atoms. The second-order valence-corrected chi connectivity index (χ2v) is 8.46. The molecule has 0 unspecified atom stereocenters. The van der Waals surface area contributed by atoms with Crippen molar-refractivity contribution in [3.8, 4) is 11.1 Å². The Bertz CT molecular complexity index is 1390. The molecule has 0 fully saturated rings. The highest BCUT2D eigenvalue weighted by molar-refractivity contribution is 7.98. The number of anilines is 3. The fraction of sp³-hybridized carbons (Fsp3) is 0.200. The van der Waals surface area contributed by atoms with Gasteiger partial charge in [-0.3, -0.25) is 4.79 Å². The maximum absolute atomic E-state index is 15.0. The highest BCUT2D eigenvalue weighted by Gasteiger charge is 2.30. The van der Waals surface area contributed by atoms with Crippen molar-refractivity contribution in [2.45, 2.75) is 17.7 Å². The average Bonchev–Trinajstić information content (AvgIpc) is 3.46.